The van der Waals surface area contributed by atoms with Crippen LogP contribution in [0.15, 0.2) is 22.7 Å². The number of carbonyl (C=O) groups excluding carboxylic acids is 1. The molecular formula is C15H18BrNO3. The smallest absolute Gasteiger partial charge is 0.306 e. The van der Waals surface area contributed by atoms with Crippen LogP contribution in [0.25, 0.3) is 0 Å². The van der Waals surface area contributed by atoms with Crippen molar-refractivity contribution >= 4 is 27.8 Å². The summed E-state index contributed by atoms with van der Waals surface area (Å²) in [4.78, 5) is 23.2. The minimum absolute atomic E-state index is 0.0405. The summed E-state index contributed by atoms with van der Waals surface area (Å²) in [6.45, 7) is 1.93. The molecule has 0 heterocycles. The SMILES string of the molecule is Cc1cc(C(=O)NC2CCCC(C(=O)O)C2)ccc1Br. The molecule has 0 bridgehead atoms. The van der Waals surface area contributed by atoms with E-state index in [4.69, 9.17) is 5.11 Å². The van der Waals surface area contributed by atoms with Crippen LogP contribution < -0.4 is 5.32 Å². The molecule has 1 aliphatic carbocycles. The van der Waals surface area contributed by atoms with Crippen molar-refractivity contribution in [1.29, 1.82) is 0 Å². The normalized spacial score (nSPS) is 22.3. The lowest BCUT2D eigenvalue weighted by atomic mass is 9.85. The van der Waals surface area contributed by atoms with Crippen LogP contribution in [0.4, 0.5) is 0 Å². The van der Waals surface area contributed by atoms with Gasteiger partial charge in [0.1, 0.15) is 0 Å². The van der Waals surface area contributed by atoms with Gasteiger partial charge in [-0.3, -0.25) is 9.59 Å². The standard InChI is InChI=1S/C15H18BrNO3/c1-9-7-10(5-6-13(9)16)14(18)17-12-4-2-3-11(8-12)15(19)20/h5-7,11-12H,2-4,8H2,1H3,(H,17,18)(H,19,20). The number of hydrogen-bond acceptors (Lipinski definition) is 2. The number of benzene rings is 1. The minimum atomic E-state index is -0.761. The predicted molar refractivity (Wildman–Crippen MR) is 79.7 cm³/mol. The van der Waals surface area contributed by atoms with Gasteiger partial charge in [0.2, 0.25) is 0 Å². The van der Waals surface area contributed by atoms with E-state index in [0.29, 0.717) is 18.4 Å². The van der Waals surface area contributed by atoms with Gasteiger partial charge in [-0.25, -0.2) is 0 Å². The average molecular weight is 340 g/mol. The Balaban J connectivity index is 2.00. The lowest BCUT2D eigenvalue weighted by Crippen LogP contribution is -2.39. The highest BCUT2D eigenvalue weighted by molar-refractivity contribution is 9.10. The molecule has 0 aromatic heterocycles. The number of rotatable bonds is 3. The molecule has 1 fully saturated rings. The zero-order chi connectivity index (χ0) is 14.7. The topological polar surface area (TPSA) is 66.4 Å². The quantitative estimate of drug-likeness (QED) is 0.888. The van der Waals surface area contributed by atoms with E-state index in [2.05, 4.69) is 21.2 Å². The third-order valence-corrected chi connectivity index (χ3v) is 4.67. The van der Waals surface area contributed by atoms with E-state index >= 15 is 0 Å². The van der Waals surface area contributed by atoms with E-state index in [1.807, 2.05) is 19.1 Å². The Bertz CT molecular complexity index is 530. The molecule has 2 rings (SSSR count). The van der Waals surface area contributed by atoms with E-state index in [1.165, 1.54) is 0 Å². The number of halogens is 1. The molecule has 5 heteroatoms. The van der Waals surface area contributed by atoms with Gasteiger partial charge in [0, 0.05) is 16.1 Å². The molecule has 0 aliphatic heterocycles. The predicted octanol–water partition coefficient (Wildman–Crippen LogP) is 3.13. The van der Waals surface area contributed by atoms with Crippen molar-refractivity contribution in [2.75, 3.05) is 0 Å². The molecule has 0 radical (unpaired) electrons. The molecule has 1 aromatic rings. The van der Waals surface area contributed by atoms with E-state index in [0.717, 1.165) is 22.9 Å². The lowest BCUT2D eigenvalue weighted by molar-refractivity contribution is -0.143. The molecule has 1 saturated carbocycles. The van der Waals surface area contributed by atoms with E-state index < -0.39 is 5.97 Å². The van der Waals surface area contributed by atoms with Crippen LogP contribution >= 0.6 is 15.9 Å². The van der Waals surface area contributed by atoms with Gasteiger partial charge in [-0.05, 0) is 49.9 Å². The summed E-state index contributed by atoms with van der Waals surface area (Å²) in [5, 5.41) is 12.0. The Morgan fingerprint density at radius 3 is 2.75 bits per heavy atom. The second-order valence-corrected chi connectivity index (χ2v) is 6.19. The molecule has 2 N–H and O–H groups in total. The Morgan fingerprint density at radius 1 is 1.35 bits per heavy atom. The Morgan fingerprint density at radius 2 is 2.10 bits per heavy atom. The largest absolute Gasteiger partial charge is 0.481 e. The van der Waals surface area contributed by atoms with Gasteiger partial charge in [-0.2, -0.15) is 0 Å². The fourth-order valence-corrected chi connectivity index (χ4v) is 2.85. The molecule has 1 aromatic carbocycles. The Hall–Kier alpha value is -1.36. The number of hydrogen-bond donors (Lipinski definition) is 2. The van der Waals surface area contributed by atoms with Crippen LogP contribution in [-0.2, 0) is 4.79 Å². The van der Waals surface area contributed by atoms with Crippen LogP contribution in [0, 0.1) is 12.8 Å². The second kappa shape index (κ2) is 6.39. The second-order valence-electron chi connectivity index (χ2n) is 5.34. The fraction of sp³-hybridized carbons (Fsp3) is 0.467. The first-order valence-corrected chi connectivity index (χ1v) is 7.56. The van der Waals surface area contributed by atoms with Crippen LogP contribution in [-0.4, -0.2) is 23.0 Å². The van der Waals surface area contributed by atoms with Gasteiger partial charge in [-0.1, -0.05) is 22.4 Å². The van der Waals surface area contributed by atoms with Crippen molar-refractivity contribution in [3.05, 3.63) is 33.8 Å². The van der Waals surface area contributed by atoms with Crippen LogP contribution in [0.3, 0.4) is 0 Å². The minimum Gasteiger partial charge on any atom is -0.481 e. The van der Waals surface area contributed by atoms with Gasteiger partial charge in [0.05, 0.1) is 5.92 Å². The maximum absolute atomic E-state index is 12.2. The third kappa shape index (κ3) is 3.60. The summed E-state index contributed by atoms with van der Waals surface area (Å²) < 4.78 is 0.970. The van der Waals surface area contributed by atoms with Gasteiger partial charge < -0.3 is 10.4 Å². The molecule has 2 unspecified atom stereocenters. The summed E-state index contributed by atoms with van der Waals surface area (Å²) in [7, 11) is 0. The molecule has 0 spiro atoms. The first-order valence-electron chi connectivity index (χ1n) is 6.77. The van der Waals surface area contributed by atoms with Crippen molar-refractivity contribution in [3.8, 4) is 0 Å². The Kier molecular flexibility index (Phi) is 4.81. The summed E-state index contributed by atoms with van der Waals surface area (Å²) in [5.74, 6) is -1.22. The van der Waals surface area contributed by atoms with Crippen molar-refractivity contribution in [2.24, 2.45) is 5.92 Å². The molecule has 1 aliphatic rings. The molecule has 0 saturated heterocycles. The number of aryl methyl sites for hydroxylation is 1. The first kappa shape index (κ1) is 15.0. The zero-order valence-corrected chi connectivity index (χ0v) is 12.9. The van der Waals surface area contributed by atoms with E-state index in [1.54, 1.807) is 6.07 Å². The van der Waals surface area contributed by atoms with Gasteiger partial charge in [-0.15, -0.1) is 0 Å². The summed E-state index contributed by atoms with van der Waals surface area (Å²) in [6, 6.07) is 5.41. The van der Waals surface area contributed by atoms with Gasteiger partial charge in [0.25, 0.3) is 5.91 Å². The summed E-state index contributed by atoms with van der Waals surface area (Å²) in [5.41, 5.74) is 1.62. The van der Waals surface area contributed by atoms with E-state index in [9.17, 15) is 9.59 Å². The lowest BCUT2D eigenvalue weighted by Gasteiger charge is -2.27. The average Bonchev–Trinajstić information content (AvgIpc) is 2.42. The highest BCUT2D eigenvalue weighted by Gasteiger charge is 2.27. The maximum atomic E-state index is 12.2. The number of carboxylic acids is 1. The van der Waals surface area contributed by atoms with Crippen molar-refractivity contribution in [2.45, 2.75) is 38.6 Å². The molecule has 1 amide bonds. The first-order chi connectivity index (χ1) is 9.47. The number of carbonyl (C=O) groups is 2. The molecular weight excluding hydrogens is 322 g/mol. The number of nitrogens with one attached hydrogen (secondary N) is 1. The molecule has 2 atom stereocenters. The van der Waals surface area contributed by atoms with Crippen LogP contribution in [0.2, 0.25) is 0 Å². The highest BCUT2D eigenvalue weighted by Crippen LogP contribution is 2.25. The van der Waals surface area contributed by atoms with Crippen LogP contribution in [0.5, 0.6) is 0 Å². The molecule has 108 valence electrons. The van der Waals surface area contributed by atoms with E-state index in [-0.39, 0.29) is 17.9 Å². The number of amides is 1. The van der Waals surface area contributed by atoms with Crippen molar-refractivity contribution in [3.63, 3.8) is 0 Å². The molecule has 4 nitrogen and oxygen atoms in total. The summed E-state index contributed by atoms with van der Waals surface area (Å²) in [6.07, 6.45) is 2.93. The number of aliphatic carboxylic acids is 1. The Labute approximate surface area is 126 Å². The maximum Gasteiger partial charge on any atom is 0.306 e. The van der Waals surface area contributed by atoms with Gasteiger partial charge in [0.15, 0.2) is 0 Å². The fourth-order valence-electron chi connectivity index (χ4n) is 2.60. The van der Waals surface area contributed by atoms with Gasteiger partial charge >= 0.3 is 5.97 Å². The van der Waals surface area contributed by atoms with Crippen molar-refractivity contribution < 1.29 is 14.7 Å². The van der Waals surface area contributed by atoms with Crippen LogP contribution in [0.1, 0.15) is 41.6 Å². The molecule has 20 heavy (non-hydrogen) atoms. The monoisotopic (exact) mass is 339 g/mol. The highest BCUT2D eigenvalue weighted by atomic mass is 79.9. The third-order valence-electron chi connectivity index (χ3n) is 3.78. The number of carboxylic acid groups (broad SMARTS) is 1. The van der Waals surface area contributed by atoms with Crippen molar-refractivity contribution in [1.82, 2.24) is 5.32 Å². The zero-order valence-electron chi connectivity index (χ0n) is 11.4. The summed E-state index contributed by atoms with van der Waals surface area (Å²) >= 11 is 3.40.